The zero-order valence-corrected chi connectivity index (χ0v) is 17.6. The van der Waals surface area contributed by atoms with E-state index in [1.807, 2.05) is 6.92 Å². The highest BCUT2D eigenvalue weighted by Crippen LogP contribution is 2.41. The van der Waals surface area contributed by atoms with E-state index in [4.69, 9.17) is 9.47 Å². The number of rotatable bonds is 7. The molecule has 14 heteroatoms. The van der Waals surface area contributed by atoms with Crippen LogP contribution in [-0.4, -0.2) is 19.6 Å². The lowest BCUT2D eigenvalue weighted by Crippen LogP contribution is -2.29. The lowest BCUT2D eigenvalue weighted by molar-refractivity contribution is -0.432. The Hall–Kier alpha value is -2.58. The fourth-order valence-electron chi connectivity index (χ4n) is 3.17. The molecule has 0 aromatic heterocycles. The highest BCUT2D eigenvalue weighted by atomic mass is 19.4. The number of alkyl halides is 7. The molecule has 2 aromatic carbocycles. The Bertz CT molecular complexity index is 1030. The zero-order valence-electron chi connectivity index (χ0n) is 17.6. The van der Waals surface area contributed by atoms with Gasteiger partial charge in [0.05, 0.1) is 18.8 Å². The molecule has 1 fully saturated rings. The zero-order chi connectivity index (χ0) is 26.2. The van der Waals surface area contributed by atoms with Gasteiger partial charge in [0.25, 0.3) is 0 Å². The van der Waals surface area contributed by atoms with E-state index in [1.54, 1.807) is 0 Å². The maximum absolute atomic E-state index is 14.5. The molecule has 1 aliphatic heterocycles. The van der Waals surface area contributed by atoms with E-state index < -0.39 is 59.2 Å². The molecule has 1 saturated heterocycles. The van der Waals surface area contributed by atoms with Gasteiger partial charge in [-0.05, 0) is 30.7 Å². The molecular weight excluding hydrogens is 506 g/mol. The third-order valence-electron chi connectivity index (χ3n) is 4.92. The SMILES string of the molecule is CCC1COC(c2cc(F)c(C(F)(F)Oc3ccc(C(F)(F)OC(F)(F)F)c(F)c3)c(F)c2)OC1. The number of ether oxygens (including phenoxy) is 4. The Kier molecular flexibility index (Phi) is 7.58. The molecule has 0 unspecified atom stereocenters. The van der Waals surface area contributed by atoms with Crippen LogP contribution < -0.4 is 4.74 Å². The Morgan fingerprint density at radius 2 is 1.40 bits per heavy atom. The van der Waals surface area contributed by atoms with Gasteiger partial charge in [-0.25, -0.2) is 17.9 Å². The Balaban J connectivity index is 1.82. The third-order valence-corrected chi connectivity index (χ3v) is 4.92. The molecule has 0 bridgehead atoms. The van der Waals surface area contributed by atoms with Crippen molar-refractivity contribution in [3.8, 4) is 5.75 Å². The first-order chi connectivity index (χ1) is 16.1. The normalized spacial score (nSPS) is 19.6. The summed E-state index contributed by atoms with van der Waals surface area (Å²) in [7, 11) is 0. The minimum Gasteiger partial charge on any atom is -0.429 e. The quantitative estimate of drug-likeness (QED) is 0.371. The summed E-state index contributed by atoms with van der Waals surface area (Å²) in [6, 6.07) is 1.16. The van der Waals surface area contributed by atoms with E-state index in [9.17, 15) is 43.9 Å². The summed E-state index contributed by atoms with van der Waals surface area (Å²) >= 11 is 0. The fraction of sp³-hybridized carbons (Fsp3) is 0.429. The summed E-state index contributed by atoms with van der Waals surface area (Å²) in [6.45, 7) is 2.29. The first kappa shape index (κ1) is 27.0. The standard InChI is InChI=1S/C21H16F10O4/c1-2-10-8-32-18(33-9-10)11-5-15(23)17(16(24)6-11)20(27,28)34-12-3-4-13(14(22)7-12)19(25,26)35-21(29,30)31/h3-7,10,18H,2,8-9H2,1H3. The minimum atomic E-state index is -5.84. The molecule has 0 N–H and O–H groups in total. The molecule has 0 saturated carbocycles. The van der Waals surface area contributed by atoms with Crippen molar-refractivity contribution >= 4 is 0 Å². The van der Waals surface area contributed by atoms with E-state index >= 15 is 0 Å². The number of benzene rings is 2. The molecule has 0 aliphatic carbocycles. The maximum Gasteiger partial charge on any atom is 0.527 e. The predicted molar refractivity (Wildman–Crippen MR) is 96.7 cm³/mol. The highest BCUT2D eigenvalue weighted by molar-refractivity contribution is 5.33. The lowest BCUT2D eigenvalue weighted by atomic mass is 10.1. The van der Waals surface area contributed by atoms with Gasteiger partial charge in [-0.2, -0.15) is 17.6 Å². The molecule has 0 atom stereocenters. The van der Waals surface area contributed by atoms with Gasteiger partial charge in [-0.15, -0.1) is 13.2 Å². The van der Waals surface area contributed by atoms with E-state index in [0.717, 1.165) is 0 Å². The summed E-state index contributed by atoms with van der Waals surface area (Å²) in [5, 5.41) is 0. The van der Waals surface area contributed by atoms with Crippen LogP contribution in [0.15, 0.2) is 30.3 Å². The van der Waals surface area contributed by atoms with E-state index in [-0.39, 0.29) is 42.9 Å². The molecule has 4 nitrogen and oxygen atoms in total. The molecule has 3 rings (SSSR count). The van der Waals surface area contributed by atoms with Crippen molar-refractivity contribution in [1.29, 1.82) is 0 Å². The minimum absolute atomic E-state index is 0.0103. The number of hydrogen-bond donors (Lipinski definition) is 0. The Morgan fingerprint density at radius 3 is 1.89 bits per heavy atom. The molecule has 1 heterocycles. The fourth-order valence-corrected chi connectivity index (χ4v) is 3.17. The van der Waals surface area contributed by atoms with Crippen molar-refractivity contribution < 1.29 is 62.9 Å². The van der Waals surface area contributed by atoms with Crippen LogP contribution >= 0.6 is 0 Å². The number of hydrogen-bond acceptors (Lipinski definition) is 4. The van der Waals surface area contributed by atoms with Crippen LogP contribution in [0.5, 0.6) is 5.75 Å². The van der Waals surface area contributed by atoms with Crippen molar-refractivity contribution in [2.24, 2.45) is 5.92 Å². The third kappa shape index (κ3) is 6.35. The topological polar surface area (TPSA) is 36.9 Å². The van der Waals surface area contributed by atoms with Crippen LogP contribution in [0.2, 0.25) is 0 Å². The second kappa shape index (κ2) is 9.82. The van der Waals surface area contributed by atoms with Gasteiger partial charge in [0.2, 0.25) is 0 Å². The molecule has 0 radical (unpaired) electrons. The molecule has 2 aromatic rings. The highest BCUT2D eigenvalue weighted by Gasteiger charge is 2.48. The van der Waals surface area contributed by atoms with Crippen LogP contribution in [0.1, 0.15) is 36.3 Å². The van der Waals surface area contributed by atoms with Crippen LogP contribution in [0.25, 0.3) is 0 Å². The Morgan fingerprint density at radius 1 is 0.829 bits per heavy atom. The van der Waals surface area contributed by atoms with Crippen LogP contribution in [0.4, 0.5) is 43.9 Å². The first-order valence-electron chi connectivity index (χ1n) is 9.87. The maximum atomic E-state index is 14.5. The second-order valence-electron chi connectivity index (χ2n) is 7.46. The van der Waals surface area contributed by atoms with Gasteiger partial charge in [-0.1, -0.05) is 6.92 Å². The van der Waals surface area contributed by atoms with Crippen molar-refractivity contribution in [1.82, 2.24) is 0 Å². The van der Waals surface area contributed by atoms with E-state index in [2.05, 4.69) is 9.47 Å². The van der Waals surface area contributed by atoms with Crippen LogP contribution in [0.3, 0.4) is 0 Å². The van der Waals surface area contributed by atoms with Gasteiger partial charge in [0.15, 0.2) is 6.29 Å². The monoisotopic (exact) mass is 522 g/mol. The van der Waals surface area contributed by atoms with E-state index in [1.165, 1.54) is 0 Å². The summed E-state index contributed by atoms with van der Waals surface area (Å²) in [5.41, 5.74) is -4.07. The summed E-state index contributed by atoms with van der Waals surface area (Å²) < 4.78 is 152. The summed E-state index contributed by atoms with van der Waals surface area (Å²) in [4.78, 5) is 0. The van der Waals surface area contributed by atoms with E-state index in [0.29, 0.717) is 18.6 Å². The van der Waals surface area contributed by atoms with Crippen molar-refractivity contribution in [3.63, 3.8) is 0 Å². The summed E-state index contributed by atoms with van der Waals surface area (Å²) in [6.07, 6.45) is -16.3. The average molecular weight is 522 g/mol. The average Bonchev–Trinajstić information content (AvgIpc) is 2.70. The second-order valence-corrected chi connectivity index (χ2v) is 7.46. The van der Waals surface area contributed by atoms with Crippen LogP contribution in [-0.2, 0) is 26.4 Å². The van der Waals surface area contributed by atoms with Gasteiger partial charge in [0, 0.05) is 17.5 Å². The number of halogens is 10. The molecular formula is C21H16F10O4. The van der Waals surface area contributed by atoms with Gasteiger partial charge < -0.3 is 14.2 Å². The van der Waals surface area contributed by atoms with Gasteiger partial charge in [-0.3, -0.25) is 0 Å². The predicted octanol–water partition coefficient (Wildman–Crippen LogP) is 6.89. The first-order valence-corrected chi connectivity index (χ1v) is 9.87. The van der Waals surface area contributed by atoms with Crippen molar-refractivity contribution in [3.05, 3.63) is 64.5 Å². The van der Waals surface area contributed by atoms with Crippen LogP contribution in [0, 0.1) is 23.4 Å². The van der Waals surface area contributed by atoms with Crippen molar-refractivity contribution in [2.75, 3.05) is 13.2 Å². The lowest BCUT2D eigenvalue weighted by Gasteiger charge is -2.29. The molecule has 1 aliphatic rings. The van der Waals surface area contributed by atoms with Gasteiger partial charge in [0.1, 0.15) is 28.8 Å². The molecule has 0 amide bonds. The largest absolute Gasteiger partial charge is 0.527 e. The molecule has 194 valence electrons. The summed E-state index contributed by atoms with van der Waals surface area (Å²) in [5.74, 6) is -6.84. The molecule has 35 heavy (non-hydrogen) atoms. The van der Waals surface area contributed by atoms with Gasteiger partial charge >= 0.3 is 18.6 Å². The smallest absolute Gasteiger partial charge is 0.429 e. The Labute approximate surface area is 191 Å². The molecule has 0 spiro atoms. The van der Waals surface area contributed by atoms with Crippen molar-refractivity contribution in [2.45, 2.75) is 38.2 Å².